The van der Waals surface area contributed by atoms with Crippen molar-refractivity contribution in [2.45, 2.75) is 98.8 Å². The molecule has 294 valence electrons. The van der Waals surface area contributed by atoms with Gasteiger partial charge in [0.25, 0.3) is 0 Å². The fraction of sp³-hybridized carbons (Fsp3) is 0.347. The molecule has 0 radical (unpaired) electrons. The molecule has 0 saturated heterocycles. The summed E-state index contributed by atoms with van der Waals surface area (Å²) in [5.74, 6) is 3.99. The van der Waals surface area contributed by atoms with Gasteiger partial charge in [-0.1, -0.05) is 118 Å². The van der Waals surface area contributed by atoms with Crippen LogP contribution < -0.4 is 10.1 Å². The summed E-state index contributed by atoms with van der Waals surface area (Å²) in [5.41, 5.74) is 10.0. The van der Waals surface area contributed by atoms with E-state index in [-0.39, 0.29) is 0 Å². The highest BCUT2D eigenvalue weighted by molar-refractivity contribution is 5.79. The molecule has 0 saturated carbocycles. The average Bonchev–Trinajstić information content (AvgIpc) is 3.70. The Morgan fingerprint density at radius 3 is 1.71 bits per heavy atom. The Hall–Kier alpha value is -5.56. The third kappa shape index (κ3) is 13.6. The van der Waals surface area contributed by atoms with Crippen LogP contribution in [0.1, 0.15) is 127 Å². The Kier molecular flexibility index (Phi) is 17.0. The highest BCUT2D eigenvalue weighted by atomic mass is 16.5. The monoisotopic (exact) mass is 750 g/mol. The van der Waals surface area contributed by atoms with Crippen LogP contribution in [0.25, 0.3) is 21.8 Å². The molecule has 0 aliphatic carbocycles. The topological polar surface area (TPSA) is 88.6 Å². The number of rotatable bonds is 5. The molecule has 0 amide bonds. The molecule has 3 aromatic heterocycles. The third-order valence-corrected chi connectivity index (χ3v) is 9.51. The standard InChI is InChI=1S/C11H12N2.C11H15NO.C10H12N2.C9H12.C8H11N/c1-8(2)9-3-4-11-10(5-9)6-12-7-13-11;1-8(2)9-3-4-10-11(7-9)13-6-5-12-10;1-7(2)8-3-4-10-9(5-8)6-11-12-10;1-8(2)9-6-4-3-5-7-9;1-7(2)8-3-5-9-6-4-8/h3-8H,1-2H3;3-4,7-8,12H,5-6H2,1-2H3;3-7H,1-2H3,(H,11,12);3-8H,1-2H3;3-7H,1-2H3. The number of pyridine rings is 1. The molecule has 1 aliphatic heterocycles. The molecule has 7 nitrogen and oxygen atoms in total. The summed E-state index contributed by atoms with van der Waals surface area (Å²) < 4.78 is 5.55. The zero-order valence-corrected chi connectivity index (χ0v) is 35.1. The number of ether oxygens (including phenoxy) is 1. The maximum Gasteiger partial charge on any atom is 0.142 e. The van der Waals surface area contributed by atoms with Gasteiger partial charge in [-0.2, -0.15) is 5.10 Å². The molecule has 0 unspecified atom stereocenters. The van der Waals surface area contributed by atoms with Crippen LogP contribution in [0.3, 0.4) is 0 Å². The average molecular weight is 751 g/mol. The number of H-pyrrole nitrogens is 1. The van der Waals surface area contributed by atoms with Gasteiger partial charge in [0.2, 0.25) is 0 Å². The van der Waals surface area contributed by atoms with Gasteiger partial charge in [-0.15, -0.1) is 0 Å². The lowest BCUT2D eigenvalue weighted by Gasteiger charge is -2.20. The van der Waals surface area contributed by atoms with Crippen LogP contribution in [0.4, 0.5) is 5.69 Å². The molecule has 0 atom stereocenters. The lowest BCUT2D eigenvalue weighted by Crippen LogP contribution is -2.18. The molecular weight excluding hydrogens is 689 g/mol. The second kappa shape index (κ2) is 22.1. The Labute approximate surface area is 335 Å². The molecular formula is C49H62N6O. The lowest BCUT2D eigenvalue weighted by atomic mass is 10.0. The SMILES string of the molecule is CC(C)c1ccc2[nH]ncc2c1.CC(C)c1ccc2c(c1)OCCN2.CC(C)c1ccc2ncncc2c1.CC(C)c1ccccc1.CC(C)c1ccncc1. The minimum Gasteiger partial charge on any atom is -0.490 e. The molecule has 4 aromatic carbocycles. The maximum absolute atomic E-state index is 5.55. The molecule has 0 bridgehead atoms. The summed E-state index contributed by atoms with van der Waals surface area (Å²) in [6.45, 7) is 23.6. The summed E-state index contributed by atoms with van der Waals surface area (Å²) >= 11 is 0. The number of fused-ring (bicyclic) bond motifs is 3. The summed E-state index contributed by atoms with van der Waals surface area (Å²) in [5, 5.41) is 12.5. The Bertz CT molecular complexity index is 2110. The molecule has 0 spiro atoms. The number of aromatic amines is 1. The van der Waals surface area contributed by atoms with Crippen molar-refractivity contribution in [3.8, 4) is 5.75 Å². The van der Waals surface area contributed by atoms with Crippen molar-refractivity contribution in [1.29, 1.82) is 0 Å². The first-order valence-electron chi connectivity index (χ1n) is 20.0. The first kappa shape index (κ1) is 43.2. The van der Waals surface area contributed by atoms with Crippen LogP contribution >= 0.6 is 0 Å². The van der Waals surface area contributed by atoms with Crippen LogP contribution in [0.2, 0.25) is 0 Å². The van der Waals surface area contributed by atoms with E-state index < -0.39 is 0 Å². The molecule has 2 N–H and O–H groups in total. The molecule has 0 fully saturated rings. The maximum atomic E-state index is 5.55. The van der Waals surface area contributed by atoms with Crippen molar-refractivity contribution in [2.75, 3.05) is 18.5 Å². The van der Waals surface area contributed by atoms with Gasteiger partial charge in [-0.05, 0) is 106 Å². The number of hydrogen-bond donors (Lipinski definition) is 2. The largest absolute Gasteiger partial charge is 0.490 e. The van der Waals surface area contributed by atoms with E-state index in [9.17, 15) is 0 Å². The van der Waals surface area contributed by atoms with E-state index >= 15 is 0 Å². The van der Waals surface area contributed by atoms with Crippen molar-refractivity contribution < 1.29 is 4.74 Å². The molecule has 8 rings (SSSR count). The van der Waals surface area contributed by atoms with Gasteiger partial charge in [-0.3, -0.25) is 10.1 Å². The molecule has 7 aromatic rings. The second-order valence-electron chi connectivity index (χ2n) is 15.6. The predicted octanol–water partition coefficient (Wildman–Crippen LogP) is 13.1. The minimum absolute atomic E-state index is 0.560. The lowest BCUT2D eigenvalue weighted by molar-refractivity contribution is 0.323. The number of nitrogens with one attached hydrogen (secondary N) is 2. The van der Waals surface area contributed by atoms with Crippen molar-refractivity contribution in [1.82, 2.24) is 25.1 Å². The quantitative estimate of drug-likeness (QED) is 0.182. The number of anilines is 1. The molecule has 7 heteroatoms. The van der Waals surface area contributed by atoms with Crippen LogP contribution in [0.5, 0.6) is 5.75 Å². The fourth-order valence-electron chi connectivity index (χ4n) is 5.78. The normalized spacial score (nSPS) is 11.6. The molecule has 4 heterocycles. The second-order valence-corrected chi connectivity index (χ2v) is 15.6. The summed E-state index contributed by atoms with van der Waals surface area (Å²) in [7, 11) is 0. The van der Waals surface area contributed by atoms with Gasteiger partial charge >= 0.3 is 0 Å². The minimum atomic E-state index is 0.560. The molecule has 56 heavy (non-hydrogen) atoms. The van der Waals surface area contributed by atoms with Crippen molar-refractivity contribution in [2.24, 2.45) is 0 Å². The van der Waals surface area contributed by atoms with Crippen LogP contribution in [-0.4, -0.2) is 38.3 Å². The van der Waals surface area contributed by atoms with E-state index in [0.717, 1.165) is 41.0 Å². The highest BCUT2D eigenvalue weighted by Gasteiger charge is 2.10. The van der Waals surface area contributed by atoms with Crippen LogP contribution in [-0.2, 0) is 0 Å². The van der Waals surface area contributed by atoms with Crippen LogP contribution in [0.15, 0.2) is 128 Å². The van der Waals surface area contributed by atoms with E-state index in [2.05, 4.69) is 172 Å². The first-order chi connectivity index (χ1) is 26.9. The number of aromatic nitrogens is 5. The number of benzene rings is 4. The van der Waals surface area contributed by atoms with Gasteiger partial charge in [0.15, 0.2) is 0 Å². The number of nitrogens with zero attached hydrogens (tertiary/aromatic N) is 4. The van der Waals surface area contributed by atoms with E-state index in [4.69, 9.17) is 4.74 Å². The smallest absolute Gasteiger partial charge is 0.142 e. The first-order valence-corrected chi connectivity index (χ1v) is 20.0. The van der Waals surface area contributed by atoms with Gasteiger partial charge < -0.3 is 10.1 Å². The molecule has 1 aliphatic rings. The van der Waals surface area contributed by atoms with E-state index in [1.165, 1.54) is 33.2 Å². The summed E-state index contributed by atoms with van der Waals surface area (Å²) in [6, 6.07) is 33.7. The summed E-state index contributed by atoms with van der Waals surface area (Å²) in [4.78, 5) is 12.1. The predicted molar refractivity (Wildman–Crippen MR) is 237 cm³/mol. The van der Waals surface area contributed by atoms with Crippen molar-refractivity contribution >= 4 is 27.5 Å². The fourth-order valence-corrected chi connectivity index (χ4v) is 5.78. The number of hydrogen-bond acceptors (Lipinski definition) is 6. The Balaban J connectivity index is 0.000000157. The third-order valence-electron chi connectivity index (χ3n) is 9.51. The van der Waals surface area contributed by atoms with E-state index in [0.29, 0.717) is 29.6 Å². The highest BCUT2D eigenvalue weighted by Crippen LogP contribution is 2.30. The van der Waals surface area contributed by atoms with E-state index in [1.54, 1.807) is 6.33 Å². The Morgan fingerprint density at radius 2 is 1.11 bits per heavy atom. The van der Waals surface area contributed by atoms with Crippen LogP contribution in [0, 0.1) is 0 Å². The zero-order valence-electron chi connectivity index (χ0n) is 35.1. The van der Waals surface area contributed by atoms with Gasteiger partial charge in [-0.25, -0.2) is 9.97 Å². The van der Waals surface area contributed by atoms with Crippen molar-refractivity contribution in [3.05, 3.63) is 156 Å². The van der Waals surface area contributed by atoms with Crippen molar-refractivity contribution in [3.63, 3.8) is 0 Å². The van der Waals surface area contributed by atoms with Gasteiger partial charge in [0.05, 0.1) is 22.9 Å². The van der Waals surface area contributed by atoms with E-state index in [1.807, 2.05) is 49.1 Å². The summed E-state index contributed by atoms with van der Waals surface area (Å²) in [6.07, 6.45) is 8.96. The Morgan fingerprint density at radius 1 is 0.536 bits per heavy atom. The van der Waals surface area contributed by atoms with Gasteiger partial charge in [0, 0.05) is 35.9 Å². The van der Waals surface area contributed by atoms with Gasteiger partial charge in [0.1, 0.15) is 18.7 Å². The zero-order chi connectivity index (χ0) is 40.5.